The van der Waals surface area contributed by atoms with Crippen molar-refractivity contribution < 1.29 is 15.3 Å². The van der Waals surface area contributed by atoms with Crippen LogP contribution >= 0.6 is 0 Å². The Kier molecular flexibility index (Phi) is 4.27. The molecule has 0 spiro atoms. The molecule has 0 bridgehead atoms. The SMILES string of the molecule is Oc1cccc(-c2cc(-c3cccc(O)c3)cc(-c3cccc(O)c3)c2)c1. The number of phenolic OH excluding ortho intramolecular Hbond substituents is 3. The molecule has 0 aromatic heterocycles. The van der Waals surface area contributed by atoms with Gasteiger partial charge in [-0.05, 0) is 88.0 Å². The van der Waals surface area contributed by atoms with Crippen molar-refractivity contribution in [3.8, 4) is 50.6 Å². The summed E-state index contributed by atoms with van der Waals surface area (Å²) >= 11 is 0. The molecule has 0 fully saturated rings. The third-order valence-electron chi connectivity index (χ3n) is 4.47. The van der Waals surface area contributed by atoms with Crippen LogP contribution in [0.1, 0.15) is 0 Å². The fourth-order valence-corrected chi connectivity index (χ4v) is 3.18. The van der Waals surface area contributed by atoms with Gasteiger partial charge in [0.1, 0.15) is 17.2 Å². The normalized spacial score (nSPS) is 10.7. The molecule has 4 aromatic carbocycles. The molecule has 0 aliphatic rings. The van der Waals surface area contributed by atoms with Crippen LogP contribution in [0.25, 0.3) is 33.4 Å². The Morgan fingerprint density at radius 1 is 0.333 bits per heavy atom. The standard InChI is InChI=1S/C24H18O3/c25-22-7-1-4-16(13-22)19-10-20(17-5-2-8-23(26)14-17)12-21(11-19)18-6-3-9-24(27)15-18/h1-15,25-27H. The van der Waals surface area contributed by atoms with E-state index in [4.69, 9.17) is 0 Å². The highest BCUT2D eigenvalue weighted by Gasteiger charge is 2.09. The highest BCUT2D eigenvalue weighted by atomic mass is 16.3. The zero-order valence-electron chi connectivity index (χ0n) is 14.5. The van der Waals surface area contributed by atoms with Crippen molar-refractivity contribution in [2.45, 2.75) is 0 Å². The van der Waals surface area contributed by atoms with Crippen molar-refractivity contribution in [3.05, 3.63) is 91.0 Å². The first-order valence-corrected chi connectivity index (χ1v) is 8.62. The number of phenols is 3. The molecule has 0 saturated carbocycles. The van der Waals surface area contributed by atoms with Crippen molar-refractivity contribution in [1.82, 2.24) is 0 Å². The Morgan fingerprint density at radius 2 is 0.630 bits per heavy atom. The van der Waals surface area contributed by atoms with Gasteiger partial charge in [-0.2, -0.15) is 0 Å². The molecule has 132 valence electrons. The van der Waals surface area contributed by atoms with Gasteiger partial charge < -0.3 is 15.3 Å². The van der Waals surface area contributed by atoms with Crippen molar-refractivity contribution in [2.75, 3.05) is 0 Å². The maximum Gasteiger partial charge on any atom is 0.116 e. The molecule has 0 radical (unpaired) electrons. The molecule has 4 aromatic rings. The van der Waals surface area contributed by atoms with Crippen LogP contribution in [-0.4, -0.2) is 15.3 Å². The topological polar surface area (TPSA) is 60.7 Å². The summed E-state index contributed by atoms with van der Waals surface area (Å²) in [7, 11) is 0. The van der Waals surface area contributed by atoms with Gasteiger partial charge in [-0.25, -0.2) is 0 Å². The predicted molar refractivity (Wildman–Crippen MR) is 108 cm³/mol. The maximum absolute atomic E-state index is 9.85. The molecule has 0 saturated heterocycles. The molecule has 0 unspecified atom stereocenters. The summed E-state index contributed by atoms with van der Waals surface area (Å²) in [5.41, 5.74) is 5.47. The van der Waals surface area contributed by atoms with Crippen LogP contribution in [0.4, 0.5) is 0 Å². The summed E-state index contributed by atoms with van der Waals surface area (Å²) in [4.78, 5) is 0. The molecule has 0 aliphatic heterocycles. The van der Waals surface area contributed by atoms with E-state index in [1.165, 1.54) is 0 Å². The lowest BCUT2D eigenvalue weighted by molar-refractivity contribution is 0.475. The van der Waals surface area contributed by atoms with Crippen molar-refractivity contribution in [2.24, 2.45) is 0 Å². The Labute approximate surface area is 157 Å². The number of hydrogen-bond acceptors (Lipinski definition) is 3. The summed E-state index contributed by atoms with van der Waals surface area (Å²) in [6, 6.07) is 27.4. The molecular formula is C24H18O3. The lowest BCUT2D eigenvalue weighted by Crippen LogP contribution is -1.86. The van der Waals surface area contributed by atoms with Crippen LogP contribution in [0, 0.1) is 0 Å². The Balaban J connectivity index is 1.94. The van der Waals surface area contributed by atoms with E-state index in [1.807, 2.05) is 36.4 Å². The molecule has 3 N–H and O–H groups in total. The lowest BCUT2D eigenvalue weighted by atomic mass is 9.93. The highest BCUT2D eigenvalue weighted by Crippen LogP contribution is 2.35. The van der Waals surface area contributed by atoms with E-state index in [0.717, 1.165) is 33.4 Å². The van der Waals surface area contributed by atoms with Crippen molar-refractivity contribution in [1.29, 1.82) is 0 Å². The zero-order valence-corrected chi connectivity index (χ0v) is 14.5. The summed E-state index contributed by atoms with van der Waals surface area (Å²) < 4.78 is 0. The summed E-state index contributed by atoms with van der Waals surface area (Å²) in [5, 5.41) is 29.6. The number of hydrogen-bond donors (Lipinski definition) is 3. The Bertz CT molecular complexity index is 962. The van der Waals surface area contributed by atoms with Gasteiger partial charge in [0.05, 0.1) is 0 Å². The van der Waals surface area contributed by atoms with Gasteiger partial charge in [-0.3, -0.25) is 0 Å². The lowest BCUT2D eigenvalue weighted by Gasteiger charge is -2.12. The molecule has 3 heteroatoms. The van der Waals surface area contributed by atoms with Gasteiger partial charge in [0, 0.05) is 0 Å². The molecule has 4 rings (SSSR count). The molecule has 3 nitrogen and oxygen atoms in total. The predicted octanol–water partition coefficient (Wildman–Crippen LogP) is 5.80. The van der Waals surface area contributed by atoms with Gasteiger partial charge in [0.15, 0.2) is 0 Å². The van der Waals surface area contributed by atoms with Crippen LogP contribution in [-0.2, 0) is 0 Å². The molecule has 0 aliphatic carbocycles. The van der Waals surface area contributed by atoms with Crippen LogP contribution in [0.3, 0.4) is 0 Å². The second-order valence-electron chi connectivity index (χ2n) is 6.45. The molecule has 27 heavy (non-hydrogen) atoms. The average Bonchev–Trinajstić information content (AvgIpc) is 2.68. The quantitative estimate of drug-likeness (QED) is 0.435. The summed E-state index contributed by atoms with van der Waals surface area (Å²) in [5.74, 6) is 0.609. The zero-order chi connectivity index (χ0) is 18.8. The van der Waals surface area contributed by atoms with Gasteiger partial charge in [-0.15, -0.1) is 0 Å². The largest absolute Gasteiger partial charge is 0.508 e. The maximum atomic E-state index is 9.85. The Morgan fingerprint density at radius 3 is 0.889 bits per heavy atom. The van der Waals surface area contributed by atoms with Crippen LogP contribution in [0.15, 0.2) is 91.0 Å². The van der Waals surface area contributed by atoms with Gasteiger partial charge in [0.2, 0.25) is 0 Å². The van der Waals surface area contributed by atoms with Gasteiger partial charge in [0.25, 0.3) is 0 Å². The molecule has 0 amide bonds. The van der Waals surface area contributed by atoms with Crippen LogP contribution in [0.2, 0.25) is 0 Å². The van der Waals surface area contributed by atoms with E-state index in [9.17, 15) is 15.3 Å². The van der Waals surface area contributed by atoms with E-state index >= 15 is 0 Å². The van der Waals surface area contributed by atoms with Crippen molar-refractivity contribution in [3.63, 3.8) is 0 Å². The molecule has 0 atom stereocenters. The minimum absolute atomic E-state index is 0.203. The van der Waals surface area contributed by atoms with Crippen molar-refractivity contribution >= 4 is 0 Å². The monoisotopic (exact) mass is 354 g/mol. The van der Waals surface area contributed by atoms with Gasteiger partial charge in [-0.1, -0.05) is 36.4 Å². The number of rotatable bonds is 3. The summed E-state index contributed by atoms with van der Waals surface area (Å²) in [6.45, 7) is 0. The molecule has 0 heterocycles. The van der Waals surface area contributed by atoms with E-state index in [1.54, 1.807) is 54.6 Å². The van der Waals surface area contributed by atoms with Gasteiger partial charge >= 0.3 is 0 Å². The van der Waals surface area contributed by atoms with E-state index < -0.39 is 0 Å². The second-order valence-corrected chi connectivity index (χ2v) is 6.45. The minimum Gasteiger partial charge on any atom is -0.508 e. The second kappa shape index (κ2) is 6.89. The van der Waals surface area contributed by atoms with Crippen LogP contribution in [0.5, 0.6) is 17.2 Å². The highest BCUT2D eigenvalue weighted by molar-refractivity contribution is 5.82. The fourth-order valence-electron chi connectivity index (χ4n) is 3.18. The Hall–Kier alpha value is -3.72. The number of aromatic hydroxyl groups is 3. The third kappa shape index (κ3) is 3.62. The number of benzene rings is 4. The smallest absolute Gasteiger partial charge is 0.116 e. The van der Waals surface area contributed by atoms with E-state index in [0.29, 0.717) is 0 Å². The minimum atomic E-state index is 0.203. The first-order valence-electron chi connectivity index (χ1n) is 8.62. The molecular weight excluding hydrogens is 336 g/mol. The fraction of sp³-hybridized carbons (Fsp3) is 0. The first kappa shape index (κ1) is 16.7. The summed E-state index contributed by atoms with van der Waals surface area (Å²) in [6.07, 6.45) is 0. The third-order valence-corrected chi connectivity index (χ3v) is 4.47. The van der Waals surface area contributed by atoms with E-state index in [-0.39, 0.29) is 17.2 Å². The average molecular weight is 354 g/mol. The first-order chi connectivity index (χ1) is 13.1. The van der Waals surface area contributed by atoms with Crippen LogP contribution < -0.4 is 0 Å². The van der Waals surface area contributed by atoms with E-state index in [2.05, 4.69) is 0 Å².